The maximum atomic E-state index is 12.2. The van der Waals surface area contributed by atoms with Gasteiger partial charge in [-0.3, -0.25) is 4.79 Å². The van der Waals surface area contributed by atoms with Crippen LogP contribution in [0, 0.1) is 23.2 Å². The van der Waals surface area contributed by atoms with E-state index in [1.54, 1.807) is 0 Å². The summed E-state index contributed by atoms with van der Waals surface area (Å²) in [6.45, 7) is 5.14. The molecule has 4 nitrogen and oxygen atoms in total. The van der Waals surface area contributed by atoms with Crippen molar-refractivity contribution in [2.75, 3.05) is 13.6 Å². The van der Waals surface area contributed by atoms with E-state index >= 15 is 0 Å². The fraction of sp³-hybridized carbons (Fsp3) is 0.857. The summed E-state index contributed by atoms with van der Waals surface area (Å²) in [5.41, 5.74) is 5.21. The predicted molar refractivity (Wildman–Crippen MR) is 71.6 cm³/mol. The summed E-state index contributed by atoms with van der Waals surface area (Å²) in [6.07, 6.45) is 3.80. The molecule has 2 N–H and O–H groups in total. The molecule has 4 heteroatoms. The van der Waals surface area contributed by atoms with E-state index in [4.69, 9.17) is 11.0 Å². The minimum absolute atomic E-state index is 0.0622. The Kier molecular flexibility index (Phi) is 5.15. The first-order valence-electron chi connectivity index (χ1n) is 6.83. The maximum Gasteiger partial charge on any atom is 0.225 e. The molecule has 0 aromatic heterocycles. The van der Waals surface area contributed by atoms with E-state index in [0.29, 0.717) is 18.8 Å². The van der Waals surface area contributed by atoms with Gasteiger partial charge in [-0.25, -0.2) is 0 Å². The molecule has 0 unspecified atom stereocenters. The monoisotopic (exact) mass is 251 g/mol. The first kappa shape index (κ1) is 15.0. The first-order chi connectivity index (χ1) is 8.38. The lowest BCUT2D eigenvalue weighted by Gasteiger charge is -2.33. The average molecular weight is 251 g/mol. The zero-order chi connectivity index (χ0) is 13.8. The minimum atomic E-state index is -0.701. The van der Waals surface area contributed by atoms with Crippen LogP contribution in [0.1, 0.15) is 46.0 Å². The Morgan fingerprint density at radius 1 is 1.50 bits per heavy atom. The molecule has 0 bridgehead atoms. The summed E-state index contributed by atoms with van der Waals surface area (Å²) >= 11 is 0. The molecule has 1 aliphatic carbocycles. The average Bonchev–Trinajstić information content (AvgIpc) is 2.36. The molecule has 0 atom stereocenters. The zero-order valence-electron chi connectivity index (χ0n) is 11.8. The summed E-state index contributed by atoms with van der Waals surface area (Å²) in [7, 11) is 1.87. The fourth-order valence-corrected chi connectivity index (χ4v) is 2.37. The molecular weight excluding hydrogens is 226 g/mol. The van der Waals surface area contributed by atoms with Gasteiger partial charge in [0.25, 0.3) is 0 Å². The number of amides is 1. The van der Waals surface area contributed by atoms with E-state index in [0.717, 1.165) is 25.8 Å². The van der Waals surface area contributed by atoms with E-state index < -0.39 is 5.54 Å². The van der Waals surface area contributed by atoms with E-state index in [1.807, 2.05) is 11.9 Å². The third-order valence-corrected chi connectivity index (χ3v) is 3.87. The topological polar surface area (TPSA) is 70.1 Å². The van der Waals surface area contributed by atoms with Crippen molar-refractivity contribution in [1.82, 2.24) is 4.90 Å². The molecule has 0 heterocycles. The van der Waals surface area contributed by atoms with E-state index in [1.165, 1.54) is 0 Å². The third kappa shape index (κ3) is 3.99. The normalized spacial score (nSPS) is 27.9. The van der Waals surface area contributed by atoms with Gasteiger partial charge in [0.1, 0.15) is 5.54 Å². The molecule has 1 aliphatic rings. The van der Waals surface area contributed by atoms with Crippen molar-refractivity contribution in [3.63, 3.8) is 0 Å². The van der Waals surface area contributed by atoms with Gasteiger partial charge < -0.3 is 10.6 Å². The molecule has 0 spiro atoms. The summed E-state index contributed by atoms with van der Waals surface area (Å²) < 4.78 is 0. The van der Waals surface area contributed by atoms with Gasteiger partial charge in [0.2, 0.25) is 5.91 Å². The number of carbonyl (C=O) groups excluding carboxylic acids is 1. The van der Waals surface area contributed by atoms with Crippen molar-refractivity contribution in [1.29, 1.82) is 5.26 Å². The molecule has 1 saturated carbocycles. The van der Waals surface area contributed by atoms with E-state index in [2.05, 4.69) is 19.9 Å². The quantitative estimate of drug-likeness (QED) is 0.829. The highest BCUT2D eigenvalue weighted by Crippen LogP contribution is 2.31. The summed E-state index contributed by atoms with van der Waals surface area (Å²) in [5.74, 6) is 0.893. The van der Waals surface area contributed by atoms with Gasteiger partial charge in [-0.15, -0.1) is 0 Å². The van der Waals surface area contributed by atoms with Crippen molar-refractivity contribution in [2.45, 2.75) is 51.5 Å². The van der Waals surface area contributed by atoms with Crippen molar-refractivity contribution in [3.05, 3.63) is 0 Å². The van der Waals surface area contributed by atoms with Crippen LogP contribution in [0.25, 0.3) is 0 Å². The van der Waals surface area contributed by atoms with Crippen molar-refractivity contribution < 1.29 is 4.79 Å². The molecule has 1 rings (SSSR count). The molecule has 1 fully saturated rings. The van der Waals surface area contributed by atoms with Gasteiger partial charge >= 0.3 is 0 Å². The van der Waals surface area contributed by atoms with E-state index in [9.17, 15) is 4.79 Å². The van der Waals surface area contributed by atoms with Crippen molar-refractivity contribution >= 4 is 5.91 Å². The molecule has 0 saturated heterocycles. The molecule has 18 heavy (non-hydrogen) atoms. The van der Waals surface area contributed by atoms with Crippen LogP contribution in [0.2, 0.25) is 0 Å². The van der Waals surface area contributed by atoms with Crippen LogP contribution in [-0.2, 0) is 4.79 Å². The molecule has 102 valence electrons. The maximum absolute atomic E-state index is 12.2. The number of nitrogens with zero attached hydrogens (tertiary/aromatic N) is 2. The molecule has 0 radical (unpaired) electrons. The van der Waals surface area contributed by atoms with Crippen LogP contribution in [0.4, 0.5) is 0 Å². The summed E-state index contributed by atoms with van der Waals surface area (Å²) in [4.78, 5) is 14.0. The molecule has 0 aromatic carbocycles. The predicted octanol–water partition coefficient (Wildman–Crippen LogP) is 1.90. The van der Waals surface area contributed by atoms with Crippen molar-refractivity contribution in [3.8, 4) is 6.07 Å². The molecule has 0 aliphatic heterocycles. The van der Waals surface area contributed by atoms with Crippen molar-refractivity contribution in [2.24, 2.45) is 17.6 Å². The third-order valence-electron chi connectivity index (χ3n) is 3.87. The van der Waals surface area contributed by atoms with E-state index in [-0.39, 0.29) is 11.8 Å². The van der Waals surface area contributed by atoms with Gasteiger partial charge in [-0.1, -0.05) is 13.8 Å². The van der Waals surface area contributed by atoms with Crippen LogP contribution in [0.15, 0.2) is 0 Å². The van der Waals surface area contributed by atoms with Gasteiger partial charge in [-0.2, -0.15) is 5.26 Å². The van der Waals surface area contributed by atoms with Crippen LogP contribution < -0.4 is 5.73 Å². The number of hydrogen-bond acceptors (Lipinski definition) is 3. The Hall–Kier alpha value is -1.08. The zero-order valence-corrected chi connectivity index (χ0v) is 11.8. The Bertz CT molecular complexity index is 324. The Morgan fingerprint density at radius 2 is 2.06 bits per heavy atom. The second-order valence-electron chi connectivity index (χ2n) is 5.98. The number of carbonyl (C=O) groups is 1. The van der Waals surface area contributed by atoms with Gasteiger partial charge in [0.05, 0.1) is 6.07 Å². The molecule has 0 aromatic rings. The SMILES string of the molecule is CC(C)CCN(C)C(=O)C1CCC(N)(C#N)CC1. The van der Waals surface area contributed by atoms with Gasteiger partial charge in [0.15, 0.2) is 0 Å². The lowest BCUT2D eigenvalue weighted by atomic mass is 9.77. The number of nitriles is 1. The second-order valence-corrected chi connectivity index (χ2v) is 5.98. The smallest absolute Gasteiger partial charge is 0.225 e. The van der Waals surface area contributed by atoms with Crippen LogP contribution >= 0.6 is 0 Å². The number of rotatable bonds is 4. The highest BCUT2D eigenvalue weighted by Gasteiger charge is 2.35. The summed E-state index contributed by atoms with van der Waals surface area (Å²) in [5, 5.41) is 8.96. The Labute approximate surface area is 110 Å². The lowest BCUT2D eigenvalue weighted by molar-refractivity contribution is -0.135. The standard InChI is InChI=1S/C14H25N3O/c1-11(2)6-9-17(3)13(18)12-4-7-14(16,10-15)8-5-12/h11-12H,4-9,16H2,1-3H3. The van der Waals surface area contributed by atoms with Crippen LogP contribution in [0.5, 0.6) is 0 Å². The number of nitrogens with two attached hydrogens (primary N) is 1. The summed E-state index contributed by atoms with van der Waals surface area (Å²) in [6, 6.07) is 2.16. The Morgan fingerprint density at radius 3 is 2.50 bits per heavy atom. The molecule has 1 amide bonds. The van der Waals surface area contributed by atoms with Gasteiger partial charge in [0, 0.05) is 19.5 Å². The van der Waals surface area contributed by atoms with Crippen LogP contribution in [-0.4, -0.2) is 29.9 Å². The van der Waals surface area contributed by atoms with Gasteiger partial charge in [-0.05, 0) is 38.0 Å². The Balaban J connectivity index is 2.43. The number of hydrogen-bond donors (Lipinski definition) is 1. The van der Waals surface area contributed by atoms with Crippen LogP contribution in [0.3, 0.4) is 0 Å². The lowest BCUT2D eigenvalue weighted by Crippen LogP contribution is -2.45. The highest BCUT2D eigenvalue weighted by atomic mass is 16.2. The second kappa shape index (κ2) is 6.19. The first-order valence-corrected chi connectivity index (χ1v) is 6.83. The minimum Gasteiger partial charge on any atom is -0.346 e. The largest absolute Gasteiger partial charge is 0.346 e. The fourth-order valence-electron chi connectivity index (χ4n) is 2.37. The highest BCUT2D eigenvalue weighted by molar-refractivity contribution is 5.78. The molecular formula is C14H25N3O.